The number of nitrogens with zero attached hydrogens (tertiary/aromatic N) is 6. The number of carboxylic acid groups (broad SMARTS) is 1. The molecule has 6 rings (SSSR count). The predicted molar refractivity (Wildman–Crippen MR) is 147 cm³/mol. The Morgan fingerprint density at radius 3 is 2.77 bits per heavy atom. The van der Waals surface area contributed by atoms with Crippen LogP contribution < -0.4 is 4.74 Å². The van der Waals surface area contributed by atoms with Crippen molar-refractivity contribution in [3.63, 3.8) is 0 Å². The molecule has 0 spiro atoms. The summed E-state index contributed by atoms with van der Waals surface area (Å²) in [6, 6.07) is 11.5. The Morgan fingerprint density at radius 1 is 1.03 bits per heavy atom. The molecule has 1 atom stereocenters. The largest absolute Gasteiger partial charge is 0.493 e. The van der Waals surface area contributed by atoms with Crippen molar-refractivity contribution >= 4 is 16.9 Å². The Morgan fingerprint density at radius 2 is 1.92 bits per heavy atom. The minimum absolute atomic E-state index is 0.124. The normalized spacial score (nSPS) is 13.8. The summed E-state index contributed by atoms with van der Waals surface area (Å²) in [7, 11) is 1.85. The van der Waals surface area contributed by atoms with E-state index in [1.165, 1.54) is 24.1 Å². The van der Waals surface area contributed by atoms with Crippen LogP contribution in [0, 0.1) is 0 Å². The van der Waals surface area contributed by atoms with E-state index in [2.05, 4.69) is 27.3 Å². The summed E-state index contributed by atoms with van der Waals surface area (Å²) >= 11 is 0. The molecule has 0 radical (unpaired) electrons. The van der Waals surface area contributed by atoms with Crippen LogP contribution in [0.4, 0.5) is 0 Å². The molecule has 1 aromatic carbocycles. The third-order valence-corrected chi connectivity index (χ3v) is 7.28. The highest BCUT2D eigenvalue weighted by Gasteiger charge is 2.22. The molecule has 0 bridgehead atoms. The van der Waals surface area contributed by atoms with Gasteiger partial charge in [0.05, 0.1) is 37.0 Å². The molecule has 9 heteroatoms. The summed E-state index contributed by atoms with van der Waals surface area (Å²) in [5.74, 6) is -0.166. The molecule has 0 aliphatic heterocycles. The maximum atomic E-state index is 11.8. The van der Waals surface area contributed by atoms with Gasteiger partial charge >= 0.3 is 5.97 Å². The summed E-state index contributed by atoms with van der Waals surface area (Å²) in [5.41, 5.74) is 7.07. The first kappa shape index (κ1) is 24.8. The second-order valence-corrected chi connectivity index (χ2v) is 10.0. The first-order valence-corrected chi connectivity index (χ1v) is 13.3. The number of fused-ring (bicyclic) bond motifs is 2. The zero-order valence-electron chi connectivity index (χ0n) is 21.8. The second-order valence-electron chi connectivity index (χ2n) is 10.0. The lowest BCUT2D eigenvalue weighted by Crippen LogP contribution is -2.16. The molecule has 1 N–H and O–H groups in total. The molecule has 5 aromatic rings. The van der Waals surface area contributed by atoms with Crippen LogP contribution in [0.5, 0.6) is 5.75 Å². The Labute approximate surface area is 226 Å². The predicted octanol–water partition coefficient (Wildman–Crippen LogP) is 4.79. The summed E-state index contributed by atoms with van der Waals surface area (Å²) in [4.78, 5) is 21.1. The fourth-order valence-corrected chi connectivity index (χ4v) is 5.29. The van der Waals surface area contributed by atoms with E-state index in [4.69, 9.17) is 9.72 Å². The Kier molecular flexibility index (Phi) is 6.79. The van der Waals surface area contributed by atoms with Crippen LogP contribution in [0.2, 0.25) is 0 Å². The highest BCUT2D eigenvalue weighted by Crippen LogP contribution is 2.30. The van der Waals surface area contributed by atoms with Gasteiger partial charge in [0.2, 0.25) is 0 Å². The molecule has 4 aromatic heterocycles. The number of ether oxygens (including phenoxy) is 1. The Balaban J connectivity index is 1.20. The first-order valence-electron chi connectivity index (χ1n) is 13.3. The number of pyridine rings is 2. The third kappa shape index (κ3) is 5.38. The van der Waals surface area contributed by atoms with Crippen molar-refractivity contribution in [3.05, 3.63) is 89.9 Å². The number of carboxylic acids is 1. The second kappa shape index (κ2) is 10.7. The average molecular weight is 523 g/mol. The highest BCUT2D eigenvalue weighted by molar-refractivity contribution is 5.81. The van der Waals surface area contributed by atoms with E-state index in [1.54, 1.807) is 34.2 Å². The molecule has 9 nitrogen and oxygen atoms in total. The zero-order valence-corrected chi connectivity index (χ0v) is 21.8. The van der Waals surface area contributed by atoms with Gasteiger partial charge in [0.15, 0.2) is 0 Å². The SMILES string of the molecule is Cn1cc(-c2cncc(C(CC(=O)O)n3ncc4cc(OCCc5ccc6c(n5)CCCC6)ccc43)c2)cn1. The number of rotatable bonds is 9. The maximum Gasteiger partial charge on any atom is 0.305 e. The van der Waals surface area contributed by atoms with Crippen LogP contribution in [-0.2, 0) is 31.1 Å². The number of hydrogen-bond donors (Lipinski definition) is 1. The van der Waals surface area contributed by atoms with Gasteiger partial charge in [0, 0.05) is 60.0 Å². The monoisotopic (exact) mass is 522 g/mol. The van der Waals surface area contributed by atoms with Gasteiger partial charge in [-0.2, -0.15) is 10.2 Å². The minimum atomic E-state index is -0.911. The Bertz CT molecular complexity index is 1640. The van der Waals surface area contributed by atoms with Crippen molar-refractivity contribution in [2.24, 2.45) is 7.05 Å². The molecular weight excluding hydrogens is 492 g/mol. The van der Waals surface area contributed by atoms with E-state index in [-0.39, 0.29) is 6.42 Å². The minimum Gasteiger partial charge on any atom is -0.493 e. The van der Waals surface area contributed by atoms with Crippen LogP contribution in [0.1, 0.15) is 47.8 Å². The number of aliphatic carboxylic acids is 1. The number of benzene rings is 1. The van der Waals surface area contributed by atoms with Crippen molar-refractivity contribution in [1.82, 2.24) is 29.5 Å². The Hall–Kier alpha value is -4.53. The van der Waals surface area contributed by atoms with Gasteiger partial charge in [-0.1, -0.05) is 6.07 Å². The number of aryl methyl sites for hydroxylation is 3. The van der Waals surface area contributed by atoms with E-state index >= 15 is 0 Å². The fraction of sp³-hybridized carbons (Fsp3) is 0.300. The van der Waals surface area contributed by atoms with Gasteiger partial charge in [-0.15, -0.1) is 0 Å². The fourth-order valence-electron chi connectivity index (χ4n) is 5.29. The van der Waals surface area contributed by atoms with Crippen LogP contribution in [0.25, 0.3) is 22.0 Å². The molecule has 0 saturated heterocycles. The van der Waals surface area contributed by atoms with Crippen molar-refractivity contribution in [3.8, 4) is 16.9 Å². The van der Waals surface area contributed by atoms with Crippen LogP contribution in [-0.4, -0.2) is 47.2 Å². The molecule has 0 saturated carbocycles. The smallest absolute Gasteiger partial charge is 0.305 e. The summed E-state index contributed by atoms with van der Waals surface area (Å²) < 4.78 is 9.54. The lowest BCUT2D eigenvalue weighted by molar-refractivity contribution is -0.137. The van der Waals surface area contributed by atoms with Crippen molar-refractivity contribution in [2.75, 3.05) is 6.61 Å². The molecule has 198 valence electrons. The maximum absolute atomic E-state index is 11.8. The quantitative estimate of drug-likeness (QED) is 0.296. The topological polar surface area (TPSA) is 108 Å². The summed E-state index contributed by atoms with van der Waals surface area (Å²) in [6.07, 6.45) is 14.2. The van der Waals surface area contributed by atoms with E-state index in [0.29, 0.717) is 6.61 Å². The van der Waals surface area contributed by atoms with Gasteiger partial charge in [-0.25, -0.2) is 0 Å². The van der Waals surface area contributed by atoms with Crippen molar-refractivity contribution in [1.29, 1.82) is 0 Å². The molecule has 4 heterocycles. The summed E-state index contributed by atoms with van der Waals surface area (Å²) in [6.45, 7) is 0.528. The lowest BCUT2D eigenvalue weighted by atomic mass is 9.96. The van der Waals surface area contributed by atoms with E-state index in [0.717, 1.165) is 58.3 Å². The number of carbonyl (C=O) groups is 1. The van der Waals surface area contributed by atoms with E-state index in [1.807, 2.05) is 37.5 Å². The van der Waals surface area contributed by atoms with E-state index < -0.39 is 12.0 Å². The first-order chi connectivity index (χ1) is 19.0. The van der Waals surface area contributed by atoms with Gasteiger partial charge in [0.1, 0.15) is 5.75 Å². The molecule has 1 aliphatic rings. The molecule has 1 unspecified atom stereocenters. The molecule has 0 amide bonds. The van der Waals surface area contributed by atoms with Gasteiger partial charge in [0.25, 0.3) is 0 Å². The third-order valence-electron chi connectivity index (χ3n) is 7.28. The number of aromatic nitrogens is 6. The highest BCUT2D eigenvalue weighted by atomic mass is 16.5. The van der Waals surface area contributed by atoms with Crippen molar-refractivity contribution in [2.45, 2.75) is 44.6 Å². The van der Waals surface area contributed by atoms with Crippen LogP contribution in [0.15, 0.2) is 67.4 Å². The van der Waals surface area contributed by atoms with Crippen molar-refractivity contribution < 1.29 is 14.6 Å². The van der Waals surface area contributed by atoms with Crippen LogP contribution >= 0.6 is 0 Å². The van der Waals surface area contributed by atoms with Gasteiger partial charge < -0.3 is 9.84 Å². The molecule has 1 aliphatic carbocycles. The molecule has 0 fully saturated rings. The molecule has 39 heavy (non-hydrogen) atoms. The van der Waals surface area contributed by atoms with E-state index in [9.17, 15) is 9.90 Å². The lowest BCUT2D eigenvalue weighted by Gasteiger charge is -2.18. The zero-order chi connectivity index (χ0) is 26.8. The summed E-state index contributed by atoms with van der Waals surface area (Å²) in [5, 5.41) is 19.4. The van der Waals surface area contributed by atoms with Gasteiger partial charge in [-0.3, -0.25) is 24.1 Å². The van der Waals surface area contributed by atoms with Crippen LogP contribution in [0.3, 0.4) is 0 Å². The van der Waals surface area contributed by atoms with Gasteiger partial charge in [-0.05, 0) is 67.1 Å². The average Bonchev–Trinajstić information content (AvgIpc) is 3.57. The standard InChI is InChI=1S/C30H30N6O3/c1-35-19-24(18-32-35)21-12-22(16-31-15-21)29(14-30(37)38)36-28-9-8-26(13-23(28)17-33-36)39-11-10-25-7-6-20-4-2-3-5-27(20)34-25/h6-9,12-13,15-19,29H,2-5,10-11,14H2,1H3,(H,37,38). The molecular formula is C30H30N6O3. The number of hydrogen-bond acceptors (Lipinski definition) is 6.